The average Bonchev–Trinajstić information content (AvgIpc) is 3.28. The first kappa shape index (κ1) is 27.5. The predicted molar refractivity (Wildman–Crippen MR) is 148 cm³/mol. The summed E-state index contributed by atoms with van der Waals surface area (Å²) in [5.41, 5.74) is 9.84. The number of rotatable bonds is 5. The van der Waals surface area contributed by atoms with Crippen molar-refractivity contribution in [3.8, 4) is 23.2 Å². The number of hydrogen-bond acceptors (Lipinski definition) is 5. The Morgan fingerprint density at radius 3 is 2.73 bits per heavy atom. The van der Waals surface area contributed by atoms with Crippen LogP contribution in [0.5, 0.6) is 0 Å². The Balaban J connectivity index is 1.32. The van der Waals surface area contributed by atoms with Crippen LogP contribution in [0, 0.1) is 11.8 Å². The van der Waals surface area contributed by atoms with Gasteiger partial charge in [-0.3, -0.25) is 9.59 Å². The molecule has 8 nitrogen and oxygen atoms in total. The second kappa shape index (κ2) is 11.2. The van der Waals surface area contributed by atoms with Gasteiger partial charge >= 0.3 is 6.18 Å². The number of carbonyl (C=O) groups excluding carboxylic acids is 2. The van der Waals surface area contributed by atoms with Crippen LogP contribution in [0.25, 0.3) is 11.4 Å². The molecule has 0 saturated heterocycles. The Kier molecular flexibility index (Phi) is 7.48. The van der Waals surface area contributed by atoms with E-state index in [1.807, 2.05) is 11.6 Å². The first-order valence-electron chi connectivity index (χ1n) is 12.8. The van der Waals surface area contributed by atoms with E-state index in [1.54, 1.807) is 36.4 Å². The summed E-state index contributed by atoms with van der Waals surface area (Å²) in [6, 6.07) is 13.6. The molecule has 5 rings (SSSR count). The van der Waals surface area contributed by atoms with Gasteiger partial charge in [0.25, 0.3) is 5.91 Å². The van der Waals surface area contributed by atoms with E-state index >= 15 is 0 Å². The maximum absolute atomic E-state index is 13.0. The van der Waals surface area contributed by atoms with Crippen LogP contribution >= 0.6 is 0 Å². The van der Waals surface area contributed by atoms with E-state index in [0.717, 1.165) is 17.8 Å². The standard InChI is InChI=1S/C30H25F3N6O2/c1-39-24-12-13-35-28(41)23(24)16-25(39)27-20(17-36-29(34)38-27)10-8-19-5-3-7-22(15-19)37-26(40)11-9-18-4-2-6-21(14-18)30(31,32)33/h2-7,14-17H,9,11-13H2,1H3,(H,35,41)(H,37,40)(H2,34,36,38). The van der Waals surface area contributed by atoms with Crippen molar-refractivity contribution in [1.82, 2.24) is 19.9 Å². The lowest BCUT2D eigenvalue weighted by atomic mass is 10.1. The van der Waals surface area contributed by atoms with Crippen LogP contribution in [0.15, 0.2) is 60.8 Å². The van der Waals surface area contributed by atoms with Crippen molar-refractivity contribution in [1.29, 1.82) is 0 Å². The molecule has 3 heterocycles. The topological polar surface area (TPSA) is 115 Å². The van der Waals surface area contributed by atoms with E-state index in [2.05, 4.69) is 32.4 Å². The zero-order valence-electron chi connectivity index (χ0n) is 22.0. The second-order valence-corrected chi connectivity index (χ2v) is 9.52. The van der Waals surface area contributed by atoms with Crippen molar-refractivity contribution < 1.29 is 22.8 Å². The van der Waals surface area contributed by atoms with Crippen molar-refractivity contribution >= 4 is 23.5 Å². The first-order chi connectivity index (χ1) is 19.6. The highest BCUT2D eigenvalue weighted by molar-refractivity contribution is 5.98. The molecule has 0 spiro atoms. The lowest BCUT2D eigenvalue weighted by molar-refractivity contribution is -0.137. The molecule has 0 saturated carbocycles. The third-order valence-electron chi connectivity index (χ3n) is 6.68. The van der Waals surface area contributed by atoms with E-state index < -0.39 is 11.7 Å². The minimum atomic E-state index is -4.43. The van der Waals surface area contributed by atoms with Crippen molar-refractivity contribution in [2.24, 2.45) is 7.05 Å². The molecule has 0 fully saturated rings. The monoisotopic (exact) mass is 558 g/mol. The van der Waals surface area contributed by atoms with Gasteiger partial charge in [0.05, 0.1) is 22.4 Å². The molecule has 11 heteroatoms. The fourth-order valence-electron chi connectivity index (χ4n) is 4.64. The number of amides is 2. The molecular formula is C30H25F3N6O2. The average molecular weight is 559 g/mol. The zero-order valence-corrected chi connectivity index (χ0v) is 22.0. The summed E-state index contributed by atoms with van der Waals surface area (Å²) < 4.78 is 40.8. The van der Waals surface area contributed by atoms with E-state index in [4.69, 9.17) is 5.73 Å². The van der Waals surface area contributed by atoms with Crippen LogP contribution in [0.2, 0.25) is 0 Å². The van der Waals surface area contributed by atoms with Crippen molar-refractivity contribution in [2.75, 3.05) is 17.6 Å². The SMILES string of the molecule is Cn1c(-c2nc(N)ncc2C#Cc2cccc(NC(=O)CCc3cccc(C(F)(F)F)c3)c2)cc2c1CCNC2=O. The van der Waals surface area contributed by atoms with Gasteiger partial charge in [0.1, 0.15) is 5.69 Å². The highest BCUT2D eigenvalue weighted by atomic mass is 19.4. The van der Waals surface area contributed by atoms with E-state index in [0.29, 0.717) is 52.3 Å². The number of aryl methyl sites for hydroxylation is 1. The molecule has 0 atom stereocenters. The van der Waals surface area contributed by atoms with E-state index in [1.165, 1.54) is 12.3 Å². The molecule has 41 heavy (non-hydrogen) atoms. The van der Waals surface area contributed by atoms with Gasteiger partial charge in [-0.1, -0.05) is 36.1 Å². The number of nitrogens with two attached hydrogens (primary N) is 1. The second-order valence-electron chi connectivity index (χ2n) is 9.52. The Hall–Kier alpha value is -5.11. The number of fused-ring (bicyclic) bond motifs is 1. The highest BCUT2D eigenvalue weighted by Gasteiger charge is 2.30. The lowest BCUT2D eigenvalue weighted by Gasteiger charge is -2.14. The van der Waals surface area contributed by atoms with Crippen LogP contribution in [-0.2, 0) is 30.9 Å². The van der Waals surface area contributed by atoms with Crippen molar-refractivity contribution in [3.05, 3.63) is 94.3 Å². The van der Waals surface area contributed by atoms with Gasteiger partial charge < -0.3 is 20.9 Å². The predicted octanol–water partition coefficient (Wildman–Crippen LogP) is 4.34. The molecular weight excluding hydrogens is 533 g/mol. The molecule has 0 radical (unpaired) electrons. The number of nitrogen functional groups attached to an aromatic ring is 1. The molecule has 2 aromatic heterocycles. The number of benzene rings is 2. The molecule has 1 aliphatic rings. The Labute approximate surface area is 233 Å². The largest absolute Gasteiger partial charge is 0.416 e. The number of nitrogens with one attached hydrogen (secondary N) is 2. The minimum absolute atomic E-state index is 0.0159. The fraction of sp³-hybridized carbons (Fsp3) is 0.200. The number of carbonyl (C=O) groups is 2. The number of halogens is 3. The quantitative estimate of drug-likeness (QED) is 0.316. The van der Waals surface area contributed by atoms with E-state index in [-0.39, 0.29) is 30.6 Å². The number of hydrogen-bond donors (Lipinski definition) is 3. The lowest BCUT2D eigenvalue weighted by Crippen LogP contribution is -2.31. The smallest absolute Gasteiger partial charge is 0.368 e. The van der Waals surface area contributed by atoms with E-state index in [9.17, 15) is 22.8 Å². The van der Waals surface area contributed by atoms with Gasteiger partial charge in [0.15, 0.2) is 0 Å². The summed E-state index contributed by atoms with van der Waals surface area (Å²) in [7, 11) is 1.86. The van der Waals surface area contributed by atoms with Gasteiger partial charge in [-0.15, -0.1) is 0 Å². The summed E-state index contributed by atoms with van der Waals surface area (Å²) in [6.45, 7) is 0.555. The van der Waals surface area contributed by atoms with Crippen LogP contribution in [0.3, 0.4) is 0 Å². The highest BCUT2D eigenvalue weighted by Crippen LogP contribution is 2.30. The minimum Gasteiger partial charge on any atom is -0.368 e. The van der Waals surface area contributed by atoms with Gasteiger partial charge in [-0.05, 0) is 42.3 Å². The van der Waals surface area contributed by atoms with Gasteiger partial charge in [0.2, 0.25) is 11.9 Å². The summed E-state index contributed by atoms with van der Waals surface area (Å²) in [4.78, 5) is 33.3. The van der Waals surface area contributed by atoms with Crippen molar-refractivity contribution in [3.63, 3.8) is 0 Å². The molecule has 208 valence electrons. The molecule has 0 unspecified atom stereocenters. The Bertz CT molecular complexity index is 1720. The summed E-state index contributed by atoms with van der Waals surface area (Å²) in [5, 5.41) is 5.61. The van der Waals surface area contributed by atoms with Crippen molar-refractivity contribution in [2.45, 2.75) is 25.4 Å². The summed E-state index contributed by atoms with van der Waals surface area (Å²) in [6.07, 6.45) is -2.04. The van der Waals surface area contributed by atoms with Crippen LogP contribution in [0.4, 0.5) is 24.8 Å². The normalized spacial score (nSPS) is 12.6. The Morgan fingerprint density at radius 2 is 1.95 bits per heavy atom. The number of anilines is 2. The summed E-state index contributed by atoms with van der Waals surface area (Å²) in [5.74, 6) is 5.72. The molecule has 2 amide bonds. The number of alkyl halides is 3. The fourth-order valence-corrected chi connectivity index (χ4v) is 4.64. The van der Waals surface area contributed by atoms with Crippen LogP contribution < -0.4 is 16.4 Å². The molecule has 2 aromatic carbocycles. The number of aromatic nitrogens is 3. The van der Waals surface area contributed by atoms with Gasteiger partial charge in [0, 0.05) is 49.6 Å². The molecule has 4 aromatic rings. The third kappa shape index (κ3) is 6.22. The zero-order chi connectivity index (χ0) is 29.1. The molecule has 4 N–H and O–H groups in total. The molecule has 1 aliphatic heterocycles. The molecule has 0 bridgehead atoms. The Morgan fingerprint density at radius 1 is 1.15 bits per heavy atom. The van der Waals surface area contributed by atoms with Gasteiger partial charge in [-0.25, -0.2) is 9.97 Å². The van der Waals surface area contributed by atoms with Crippen LogP contribution in [-0.4, -0.2) is 32.9 Å². The van der Waals surface area contributed by atoms with Crippen LogP contribution in [0.1, 0.15) is 44.7 Å². The third-order valence-corrected chi connectivity index (χ3v) is 6.68. The maximum atomic E-state index is 13.0. The van der Waals surface area contributed by atoms with Gasteiger partial charge in [-0.2, -0.15) is 13.2 Å². The molecule has 0 aliphatic carbocycles. The maximum Gasteiger partial charge on any atom is 0.416 e. The number of nitrogens with zero attached hydrogens (tertiary/aromatic N) is 3. The summed E-state index contributed by atoms with van der Waals surface area (Å²) >= 11 is 0. The first-order valence-corrected chi connectivity index (χ1v) is 12.8.